The largest absolute Gasteiger partial charge is 0.471 e. The third-order valence-corrected chi connectivity index (χ3v) is 5.50. The number of dihydropyridines is 1. The Morgan fingerprint density at radius 1 is 1.10 bits per heavy atom. The molecule has 0 radical (unpaired) electrons. The van der Waals surface area contributed by atoms with E-state index in [1.165, 1.54) is 17.0 Å². The van der Waals surface area contributed by atoms with Crippen LogP contribution in [0.5, 0.6) is 0 Å². The van der Waals surface area contributed by atoms with Gasteiger partial charge in [0.2, 0.25) is 0 Å². The molecular formula is C21H21F4N3O3. The summed E-state index contributed by atoms with van der Waals surface area (Å²) in [6.07, 6.45) is -3.18. The molecule has 1 saturated heterocycles. The van der Waals surface area contributed by atoms with E-state index in [0.29, 0.717) is 16.0 Å². The molecule has 10 heteroatoms. The second-order valence-electron chi connectivity index (χ2n) is 7.57. The maximum Gasteiger partial charge on any atom is 0.471 e. The first kappa shape index (κ1) is 22.6. The molecule has 6 nitrogen and oxygen atoms in total. The maximum absolute atomic E-state index is 14.3. The third-order valence-electron chi connectivity index (χ3n) is 5.50. The molecule has 1 atom stereocenters. The fourth-order valence-electron chi connectivity index (χ4n) is 3.50. The maximum atomic E-state index is 14.3. The number of amides is 2. The van der Waals surface area contributed by atoms with Gasteiger partial charge in [-0.3, -0.25) is 19.4 Å². The van der Waals surface area contributed by atoms with Crippen molar-refractivity contribution in [1.82, 2.24) is 9.80 Å². The topological polar surface area (TPSA) is 70.1 Å². The fraction of sp³-hybridized carbons (Fsp3) is 0.429. The second kappa shape index (κ2) is 8.60. The predicted octanol–water partition coefficient (Wildman–Crippen LogP) is 2.57. The number of hydrogen-bond acceptors (Lipinski definition) is 4. The Morgan fingerprint density at radius 2 is 1.71 bits per heavy atom. The molecule has 1 fully saturated rings. The van der Waals surface area contributed by atoms with Gasteiger partial charge in [-0.05, 0) is 42.7 Å². The summed E-state index contributed by atoms with van der Waals surface area (Å²) in [5, 5.41) is 0. The number of ketones is 1. The summed E-state index contributed by atoms with van der Waals surface area (Å²) in [5.74, 6) is -3.54. The summed E-state index contributed by atoms with van der Waals surface area (Å²) >= 11 is 0. The molecule has 2 heterocycles. The SMILES string of the molecule is CC1=C(C)C(=O)C(Cc2ccc(F)c(C(=O)N3CCN(C(=O)C(F)(F)F)CC3)c2)N=C1. The van der Waals surface area contributed by atoms with Crippen LogP contribution in [-0.2, 0) is 16.0 Å². The smallest absolute Gasteiger partial charge is 0.335 e. The van der Waals surface area contributed by atoms with Crippen molar-refractivity contribution in [3.8, 4) is 0 Å². The highest BCUT2D eigenvalue weighted by Gasteiger charge is 2.43. The van der Waals surface area contributed by atoms with Gasteiger partial charge < -0.3 is 9.80 Å². The molecule has 0 N–H and O–H groups in total. The molecule has 1 unspecified atom stereocenters. The van der Waals surface area contributed by atoms with Crippen molar-refractivity contribution in [1.29, 1.82) is 0 Å². The lowest BCUT2D eigenvalue weighted by Gasteiger charge is -2.35. The molecule has 0 saturated carbocycles. The Morgan fingerprint density at radius 3 is 2.32 bits per heavy atom. The van der Waals surface area contributed by atoms with E-state index in [1.54, 1.807) is 20.1 Å². The van der Waals surface area contributed by atoms with Crippen LogP contribution in [0.15, 0.2) is 34.3 Å². The number of allylic oxidation sites excluding steroid dienone is 1. The van der Waals surface area contributed by atoms with E-state index in [0.717, 1.165) is 11.6 Å². The summed E-state index contributed by atoms with van der Waals surface area (Å²) in [4.78, 5) is 42.5. The lowest BCUT2D eigenvalue weighted by atomic mass is 9.93. The highest BCUT2D eigenvalue weighted by Crippen LogP contribution is 2.22. The Balaban J connectivity index is 1.70. The van der Waals surface area contributed by atoms with E-state index >= 15 is 0 Å². The van der Waals surface area contributed by atoms with Gasteiger partial charge in [-0.15, -0.1) is 0 Å². The average molecular weight is 439 g/mol. The Hall–Kier alpha value is -3.04. The van der Waals surface area contributed by atoms with Crippen LogP contribution in [0.3, 0.4) is 0 Å². The second-order valence-corrected chi connectivity index (χ2v) is 7.57. The van der Waals surface area contributed by atoms with Crippen LogP contribution in [0.1, 0.15) is 29.8 Å². The number of Topliss-reactive ketones (excluding diaryl/α,β-unsaturated/α-hetero) is 1. The van der Waals surface area contributed by atoms with Gasteiger partial charge in [0.05, 0.1) is 5.56 Å². The quantitative estimate of drug-likeness (QED) is 0.680. The molecule has 166 valence electrons. The van der Waals surface area contributed by atoms with Gasteiger partial charge in [0.1, 0.15) is 11.9 Å². The molecule has 0 aliphatic carbocycles. The van der Waals surface area contributed by atoms with Crippen LogP contribution in [0.25, 0.3) is 0 Å². The summed E-state index contributed by atoms with van der Waals surface area (Å²) in [7, 11) is 0. The third kappa shape index (κ3) is 4.83. The van der Waals surface area contributed by atoms with Gasteiger partial charge in [-0.25, -0.2) is 4.39 Å². The summed E-state index contributed by atoms with van der Waals surface area (Å²) < 4.78 is 52.0. The first-order valence-electron chi connectivity index (χ1n) is 9.67. The molecule has 31 heavy (non-hydrogen) atoms. The number of aliphatic imine (C=N–C) groups is 1. The number of alkyl halides is 3. The number of halogens is 4. The molecule has 0 spiro atoms. The normalized spacial score (nSPS) is 19.8. The van der Waals surface area contributed by atoms with Crippen LogP contribution in [0, 0.1) is 5.82 Å². The standard InChI is InChI=1S/C21H21F4N3O3/c1-12-11-26-17(18(29)13(12)2)10-14-3-4-16(22)15(9-14)19(30)27-5-7-28(8-6-27)20(31)21(23,24)25/h3-4,9,11,17H,5-8,10H2,1-2H3. The van der Waals surface area contributed by atoms with E-state index in [4.69, 9.17) is 0 Å². The Kier molecular flexibility index (Phi) is 6.28. The first-order valence-corrected chi connectivity index (χ1v) is 9.67. The number of carbonyl (C=O) groups excluding carboxylic acids is 3. The van der Waals surface area contributed by atoms with Crippen molar-refractivity contribution in [3.63, 3.8) is 0 Å². The van der Waals surface area contributed by atoms with Crippen LogP contribution in [-0.4, -0.2) is 72.0 Å². The molecule has 0 aromatic heterocycles. The van der Waals surface area contributed by atoms with Crippen LogP contribution >= 0.6 is 0 Å². The van der Waals surface area contributed by atoms with Crippen LogP contribution < -0.4 is 0 Å². The molecule has 2 amide bonds. The van der Waals surface area contributed by atoms with Gasteiger partial charge in [0, 0.05) is 38.8 Å². The molecule has 0 bridgehead atoms. The van der Waals surface area contributed by atoms with Gasteiger partial charge in [0.15, 0.2) is 5.78 Å². The van der Waals surface area contributed by atoms with Gasteiger partial charge in [-0.1, -0.05) is 6.07 Å². The molecule has 3 rings (SSSR count). The summed E-state index contributed by atoms with van der Waals surface area (Å²) in [5.41, 5.74) is 1.69. The molecule has 2 aliphatic rings. The Labute approximate surface area is 176 Å². The summed E-state index contributed by atoms with van der Waals surface area (Å²) in [6.45, 7) is 2.63. The first-order chi connectivity index (χ1) is 14.5. The fourth-order valence-corrected chi connectivity index (χ4v) is 3.50. The highest BCUT2D eigenvalue weighted by atomic mass is 19.4. The number of rotatable bonds is 3. The van der Waals surface area contributed by atoms with E-state index in [1.807, 2.05) is 0 Å². The van der Waals surface area contributed by atoms with Crippen molar-refractivity contribution < 1.29 is 31.9 Å². The van der Waals surface area contributed by atoms with Crippen molar-refractivity contribution in [2.24, 2.45) is 4.99 Å². The van der Waals surface area contributed by atoms with Gasteiger partial charge in [-0.2, -0.15) is 13.2 Å². The van der Waals surface area contributed by atoms with Crippen molar-refractivity contribution in [3.05, 3.63) is 46.3 Å². The van der Waals surface area contributed by atoms with E-state index in [2.05, 4.69) is 4.99 Å². The number of piperazine rings is 1. The zero-order valence-corrected chi connectivity index (χ0v) is 17.0. The Bertz CT molecular complexity index is 977. The highest BCUT2D eigenvalue weighted by molar-refractivity contribution is 6.07. The number of benzene rings is 1. The van der Waals surface area contributed by atoms with Gasteiger partial charge in [0.25, 0.3) is 5.91 Å². The van der Waals surface area contributed by atoms with Crippen molar-refractivity contribution in [2.45, 2.75) is 32.5 Å². The van der Waals surface area contributed by atoms with E-state index in [-0.39, 0.29) is 43.9 Å². The van der Waals surface area contributed by atoms with E-state index < -0.39 is 29.8 Å². The molecule has 1 aromatic carbocycles. The van der Waals surface area contributed by atoms with E-state index in [9.17, 15) is 31.9 Å². The molecular weight excluding hydrogens is 418 g/mol. The number of carbonyl (C=O) groups is 3. The minimum absolute atomic E-state index is 0.136. The van der Waals surface area contributed by atoms with Crippen molar-refractivity contribution in [2.75, 3.05) is 26.2 Å². The minimum atomic E-state index is -4.97. The summed E-state index contributed by atoms with van der Waals surface area (Å²) in [6, 6.07) is 3.27. The van der Waals surface area contributed by atoms with Crippen LogP contribution in [0.4, 0.5) is 17.6 Å². The van der Waals surface area contributed by atoms with Crippen LogP contribution in [0.2, 0.25) is 0 Å². The predicted molar refractivity (Wildman–Crippen MR) is 104 cm³/mol. The zero-order chi connectivity index (χ0) is 22.9. The number of nitrogens with zero attached hydrogens (tertiary/aromatic N) is 3. The molecule has 2 aliphatic heterocycles. The molecule has 1 aromatic rings. The van der Waals surface area contributed by atoms with Crippen molar-refractivity contribution >= 4 is 23.8 Å². The lowest BCUT2D eigenvalue weighted by molar-refractivity contribution is -0.186. The zero-order valence-electron chi connectivity index (χ0n) is 17.0. The minimum Gasteiger partial charge on any atom is -0.335 e. The lowest BCUT2D eigenvalue weighted by Crippen LogP contribution is -2.53. The number of hydrogen-bond donors (Lipinski definition) is 0. The average Bonchev–Trinajstić information content (AvgIpc) is 2.74. The monoisotopic (exact) mass is 439 g/mol. The van der Waals surface area contributed by atoms with Gasteiger partial charge >= 0.3 is 12.1 Å².